The lowest BCUT2D eigenvalue weighted by atomic mass is 10.2. The van der Waals surface area contributed by atoms with Crippen molar-refractivity contribution in [1.29, 1.82) is 0 Å². The summed E-state index contributed by atoms with van der Waals surface area (Å²) >= 11 is 0. The lowest BCUT2D eigenvalue weighted by Gasteiger charge is -2.08. The van der Waals surface area contributed by atoms with Crippen molar-refractivity contribution in [2.75, 3.05) is 0 Å². The van der Waals surface area contributed by atoms with Gasteiger partial charge in [-0.05, 0) is 36.4 Å². The molecular formula is C27H15N9. The van der Waals surface area contributed by atoms with E-state index < -0.39 is 0 Å². The summed E-state index contributed by atoms with van der Waals surface area (Å²) in [5, 5.41) is 0. The Balaban J connectivity index is 1.45. The molecule has 4 heterocycles. The molecule has 0 aliphatic carbocycles. The van der Waals surface area contributed by atoms with E-state index in [0.29, 0.717) is 34.6 Å². The van der Waals surface area contributed by atoms with Crippen LogP contribution in [-0.2, 0) is 0 Å². The lowest BCUT2D eigenvalue weighted by Crippen LogP contribution is -2.04. The topological polar surface area (TPSA) is 116 Å². The summed E-state index contributed by atoms with van der Waals surface area (Å²) in [5.74, 6) is 1.08. The molecule has 36 heavy (non-hydrogen) atoms. The van der Waals surface area contributed by atoms with E-state index >= 15 is 0 Å². The maximum absolute atomic E-state index is 4.73. The first-order valence-electron chi connectivity index (χ1n) is 11.2. The molecule has 168 valence electrons. The number of hydrogen-bond acceptors (Lipinski definition) is 9. The third kappa shape index (κ3) is 3.55. The summed E-state index contributed by atoms with van der Waals surface area (Å²) in [7, 11) is 0. The molecule has 4 aromatic heterocycles. The van der Waals surface area contributed by atoms with Gasteiger partial charge in [-0.2, -0.15) is 0 Å². The van der Waals surface area contributed by atoms with Gasteiger partial charge in [0.15, 0.2) is 17.5 Å². The zero-order chi connectivity index (χ0) is 23.9. The molecule has 0 saturated carbocycles. The normalized spacial score (nSPS) is 11.3. The molecule has 0 bridgehead atoms. The van der Waals surface area contributed by atoms with Crippen molar-refractivity contribution in [1.82, 2.24) is 44.9 Å². The molecule has 0 saturated heterocycles. The van der Waals surface area contributed by atoms with Crippen LogP contribution in [0.2, 0.25) is 0 Å². The highest BCUT2D eigenvalue weighted by atomic mass is 15.1. The van der Waals surface area contributed by atoms with E-state index in [-0.39, 0.29) is 0 Å². The molecule has 0 amide bonds. The Kier molecular flexibility index (Phi) is 4.56. The molecule has 9 heteroatoms. The second-order valence-electron chi connectivity index (χ2n) is 8.04. The average Bonchev–Trinajstić information content (AvgIpc) is 2.96. The minimum atomic E-state index is 0.359. The van der Waals surface area contributed by atoms with Gasteiger partial charge in [-0.25, -0.2) is 29.9 Å². The molecule has 9 nitrogen and oxygen atoms in total. The molecule has 0 radical (unpaired) electrons. The molecule has 0 N–H and O–H groups in total. The zero-order valence-electron chi connectivity index (χ0n) is 18.7. The molecule has 7 aromatic rings. The van der Waals surface area contributed by atoms with Gasteiger partial charge in [0.1, 0.15) is 17.1 Å². The smallest absolute Gasteiger partial charge is 0.184 e. The van der Waals surface area contributed by atoms with Gasteiger partial charge in [0.05, 0.1) is 51.7 Å². The van der Waals surface area contributed by atoms with E-state index in [1.165, 1.54) is 0 Å². The van der Waals surface area contributed by atoms with Crippen LogP contribution in [0.4, 0.5) is 0 Å². The Hall–Kier alpha value is -5.31. The van der Waals surface area contributed by atoms with E-state index in [0.717, 1.165) is 33.1 Å². The van der Waals surface area contributed by atoms with Crippen LogP contribution in [-0.4, -0.2) is 44.9 Å². The van der Waals surface area contributed by atoms with Gasteiger partial charge < -0.3 is 0 Å². The highest BCUT2D eigenvalue weighted by molar-refractivity contribution is 5.79. The van der Waals surface area contributed by atoms with Crippen LogP contribution >= 0.6 is 0 Å². The minimum Gasteiger partial charge on any atom is -0.252 e. The highest BCUT2D eigenvalue weighted by Gasteiger charge is 2.16. The van der Waals surface area contributed by atoms with Gasteiger partial charge in [0.25, 0.3) is 0 Å². The molecule has 0 unspecified atom stereocenters. The Morgan fingerprint density at radius 3 is 0.889 bits per heavy atom. The van der Waals surface area contributed by atoms with E-state index in [2.05, 4.69) is 15.0 Å². The average molecular weight is 465 g/mol. The van der Waals surface area contributed by atoms with Crippen LogP contribution in [0.1, 0.15) is 0 Å². The summed E-state index contributed by atoms with van der Waals surface area (Å²) in [6.45, 7) is 0. The standard InChI is InChI=1S/C27H15N9/c1-4-10-19-16(7-1)28-13-22(31-19)25-34-26(23-14-29-17-8-2-5-11-20(17)32-23)36-27(35-25)24-15-30-18-9-3-6-12-21(18)33-24/h1-15H. The first-order chi connectivity index (χ1) is 17.8. The van der Waals surface area contributed by atoms with E-state index in [1.54, 1.807) is 18.6 Å². The molecular weight excluding hydrogens is 450 g/mol. The summed E-state index contributed by atoms with van der Waals surface area (Å²) in [6, 6.07) is 22.9. The number of benzene rings is 3. The lowest BCUT2D eigenvalue weighted by molar-refractivity contribution is 1.03. The molecule has 0 aliphatic rings. The van der Waals surface area contributed by atoms with Gasteiger partial charge in [-0.1, -0.05) is 36.4 Å². The number of rotatable bonds is 3. The summed E-state index contributed by atoms with van der Waals surface area (Å²) < 4.78 is 0. The Morgan fingerprint density at radius 2 is 0.583 bits per heavy atom. The van der Waals surface area contributed by atoms with Crippen LogP contribution in [0.25, 0.3) is 67.7 Å². The Bertz CT molecular complexity index is 1690. The van der Waals surface area contributed by atoms with Crippen LogP contribution in [0.15, 0.2) is 91.4 Å². The fourth-order valence-corrected chi connectivity index (χ4v) is 3.91. The van der Waals surface area contributed by atoms with Crippen molar-refractivity contribution < 1.29 is 0 Å². The molecule has 3 aromatic carbocycles. The number of para-hydroxylation sites is 6. The van der Waals surface area contributed by atoms with Crippen molar-refractivity contribution in [3.05, 3.63) is 91.4 Å². The fraction of sp³-hybridized carbons (Fsp3) is 0. The van der Waals surface area contributed by atoms with Crippen LogP contribution < -0.4 is 0 Å². The van der Waals surface area contributed by atoms with Crippen LogP contribution in [0.5, 0.6) is 0 Å². The molecule has 0 spiro atoms. The monoisotopic (exact) mass is 465 g/mol. The first-order valence-corrected chi connectivity index (χ1v) is 11.2. The summed E-state index contributed by atoms with van der Waals surface area (Å²) in [6.07, 6.45) is 4.97. The largest absolute Gasteiger partial charge is 0.252 e. The number of aromatic nitrogens is 9. The van der Waals surface area contributed by atoms with Crippen molar-refractivity contribution in [2.45, 2.75) is 0 Å². The van der Waals surface area contributed by atoms with E-state index in [1.807, 2.05) is 72.8 Å². The summed E-state index contributed by atoms with van der Waals surface area (Å²) in [4.78, 5) is 41.9. The minimum absolute atomic E-state index is 0.359. The van der Waals surface area contributed by atoms with Crippen LogP contribution in [0.3, 0.4) is 0 Å². The first kappa shape index (κ1) is 20.1. The van der Waals surface area contributed by atoms with Gasteiger partial charge >= 0.3 is 0 Å². The maximum atomic E-state index is 4.73. The van der Waals surface area contributed by atoms with Crippen molar-refractivity contribution in [3.8, 4) is 34.6 Å². The highest BCUT2D eigenvalue weighted by Crippen LogP contribution is 2.24. The molecule has 0 aliphatic heterocycles. The third-order valence-electron chi connectivity index (χ3n) is 5.67. The van der Waals surface area contributed by atoms with E-state index in [9.17, 15) is 0 Å². The van der Waals surface area contributed by atoms with Gasteiger partial charge in [0.2, 0.25) is 0 Å². The van der Waals surface area contributed by atoms with Crippen LogP contribution in [0, 0.1) is 0 Å². The third-order valence-corrected chi connectivity index (χ3v) is 5.67. The predicted molar refractivity (Wildman–Crippen MR) is 135 cm³/mol. The van der Waals surface area contributed by atoms with Crippen molar-refractivity contribution in [2.24, 2.45) is 0 Å². The maximum Gasteiger partial charge on any atom is 0.184 e. The second-order valence-corrected chi connectivity index (χ2v) is 8.04. The molecule has 0 fully saturated rings. The molecule has 0 atom stereocenters. The number of hydrogen-bond donors (Lipinski definition) is 0. The quantitative estimate of drug-likeness (QED) is 0.366. The van der Waals surface area contributed by atoms with Gasteiger partial charge in [0, 0.05) is 0 Å². The fourth-order valence-electron chi connectivity index (χ4n) is 3.91. The van der Waals surface area contributed by atoms with Gasteiger partial charge in [-0.3, -0.25) is 15.0 Å². The van der Waals surface area contributed by atoms with E-state index in [4.69, 9.17) is 29.9 Å². The second kappa shape index (κ2) is 8.17. The summed E-state index contributed by atoms with van der Waals surface area (Å²) in [5.41, 5.74) is 6.14. The number of nitrogens with zero attached hydrogens (tertiary/aromatic N) is 9. The zero-order valence-corrected chi connectivity index (χ0v) is 18.7. The van der Waals surface area contributed by atoms with Gasteiger partial charge in [-0.15, -0.1) is 0 Å². The van der Waals surface area contributed by atoms with Crippen molar-refractivity contribution >= 4 is 33.1 Å². The SMILES string of the molecule is c1ccc2nc(-c3nc(-c4cnc5ccccc5n4)nc(-c4cnc5ccccc5n4)n3)cnc2c1. The molecule has 7 rings (SSSR count). The number of fused-ring (bicyclic) bond motifs is 3. The van der Waals surface area contributed by atoms with Crippen molar-refractivity contribution in [3.63, 3.8) is 0 Å². The predicted octanol–water partition coefficient (Wildman–Crippen LogP) is 4.70. The Morgan fingerprint density at radius 1 is 0.306 bits per heavy atom. The Labute approximate surface area is 204 Å².